The summed E-state index contributed by atoms with van der Waals surface area (Å²) in [6.07, 6.45) is 8.24. The second-order valence-corrected chi connectivity index (χ2v) is 9.55. The number of hydrogen-bond donors (Lipinski definition) is 0. The molecule has 2 aromatic rings. The average Bonchev–Trinajstić information content (AvgIpc) is 2.74. The number of Topliss-reactive ketones (excluding diaryl/α,β-unsaturated/α-hetero) is 1. The van der Waals surface area contributed by atoms with Crippen molar-refractivity contribution in [2.24, 2.45) is 11.8 Å². The van der Waals surface area contributed by atoms with Gasteiger partial charge >= 0.3 is 0 Å². The minimum atomic E-state index is 0.455. The van der Waals surface area contributed by atoms with Crippen LogP contribution >= 0.6 is 0 Å². The number of benzene rings is 2. The van der Waals surface area contributed by atoms with Crippen LogP contribution in [0.4, 0.5) is 0 Å². The van der Waals surface area contributed by atoms with E-state index in [0.29, 0.717) is 29.5 Å². The maximum atomic E-state index is 12.3. The van der Waals surface area contributed by atoms with Gasteiger partial charge in [-0.2, -0.15) is 0 Å². The first-order valence-electron chi connectivity index (χ1n) is 12.1. The van der Waals surface area contributed by atoms with Crippen LogP contribution in [0.25, 0.3) is 0 Å². The van der Waals surface area contributed by atoms with Crippen molar-refractivity contribution in [2.45, 2.75) is 90.9 Å². The Kier molecular flexibility index (Phi) is 10.9. The zero-order chi connectivity index (χ0) is 21.8. The highest BCUT2D eigenvalue weighted by atomic mass is 16.1. The molecule has 0 fully saturated rings. The first kappa shape index (κ1) is 24.4. The molecule has 0 saturated heterocycles. The van der Waals surface area contributed by atoms with E-state index in [1.54, 1.807) is 0 Å². The Morgan fingerprint density at radius 1 is 0.600 bits per heavy atom. The van der Waals surface area contributed by atoms with E-state index in [4.69, 9.17) is 0 Å². The Labute approximate surface area is 185 Å². The molecule has 0 aromatic heterocycles. The van der Waals surface area contributed by atoms with Crippen molar-refractivity contribution in [1.29, 1.82) is 0 Å². The van der Waals surface area contributed by atoms with Crippen molar-refractivity contribution in [3.63, 3.8) is 0 Å². The van der Waals surface area contributed by atoms with Crippen LogP contribution in [0.2, 0.25) is 0 Å². The molecule has 0 amide bonds. The predicted molar refractivity (Wildman–Crippen MR) is 130 cm³/mol. The molecule has 2 rings (SSSR count). The third-order valence-corrected chi connectivity index (χ3v) is 6.51. The van der Waals surface area contributed by atoms with Gasteiger partial charge in [0.25, 0.3) is 0 Å². The first-order chi connectivity index (χ1) is 14.5. The zero-order valence-electron chi connectivity index (χ0n) is 19.6. The Morgan fingerprint density at radius 2 is 0.967 bits per heavy atom. The van der Waals surface area contributed by atoms with Gasteiger partial charge in [-0.3, -0.25) is 4.79 Å². The summed E-state index contributed by atoms with van der Waals surface area (Å²) in [5, 5.41) is 0. The number of hydrogen-bond acceptors (Lipinski definition) is 1. The van der Waals surface area contributed by atoms with Gasteiger partial charge in [-0.05, 0) is 60.5 Å². The Bertz CT molecular complexity index is 640. The SMILES string of the molecule is CC(C)C(CCCCC(=O)CCCCC(c1ccccc1)C(C)C)c1ccccc1. The first-order valence-corrected chi connectivity index (χ1v) is 12.1. The quantitative estimate of drug-likeness (QED) is 0.287. The van der Waals surface area contributed by atoms with Crippen molar-refractivity contribution in [1.82, 2.24) is 0 Å². The van der Waals surface area contributed by atoms with Gasteiger partial charge in [0.15, 0.2) is 0 Å². The molecule has 164 valence electrons. The van der Waals surface area contributed by atoms with Crippen molar-refractivity contribution in [3.05, 3.63) is 71.8 Å². The van der Waals surface area contributed by atoms with E-state index in [2.05, 4.69) is 88.4 Å². The highest BCUT2D eigenvalue weighted by Gasteiger charge is 2.16. The van der Waals surface area contributed by atoms with Gasteiger partial charge in [-0.25, -0.2) is 0 Å². The van der Waals surface area contributed by atoms with Gasteiger partial charge in [0.05, 0.1) is 0 Å². The Hall–Kier alpha value is -1.89. The van der Waals surface area contributed by atoms with Gasteiger partial charge < -0.3 is 0 Å². The Morgan fingerprint density at radius 3 is 1.30 bits per heavy atom. The van der Waals surface area contributed by atoms with E-state index in [1.165, 1.54) is 24.0 Å². The number of ketones is 1. The molecule has 0 N–H and O–H groups in total. The molecule has 2 unspecified atom stereocenters. The normalized spacial score (nSPS) is 13.5. The highest BCUT2D eigenvalue weighted by molar-refractivity contribution is 5.78. The lowest BCUT2D eigenvalue weighted by Gasteiger charge is -2.21. The van der Waals surface area contributed by atoms with E-state index in [9.17, 15) is 4.79 Å². The molecule has 30 heavy (non-hydrogen) atoms. The zero-order valence-corrected chi connectivity index (χ0v) is 19.6. The summed E-state index contributed by atoms with van der Waals surface area (Å²) >= 11 is 0. The molecular weight excluding hydrogens is 364 g/mol. The van der Waals surface area contributed by atoms with E-state index in [-0.39, 0.29) is 0 Å². The molecular formula is C29H42O. The summed E-state index contributed by atoms with van der Waals surface area (Å²) in [7, 11) is 0. The summed E-state index contributed by atoms with van der Waals surface area (Å²) in [4.78, 5) is 12.3. The largest absolute Gasteiger partial charge is 0.300 e. The molecule has 0 aliphatic heterocycles. The van der Waals surface area contributed by atoms with Crippen LogP contribution in [0, 0.1) is 11.8 Å². The lowest BCUT2D eigenvalue weighted by molar-refractivity contribution is -0.119. The molecule has 0 saturated carbocycles. The van der Waals surface area contributed by atoms with E-state index in [1.807, 2.05) is 0 Å². The third-order valence-electron chi connectivity index (χ3n) is 6.51. The summed E-state index contributed by atoms with van der Waals surface area (Å²) in [5.41, 5.74) is 2.88. The van der Waals surface area contributed by atoms with Gasteiger partial charge in [0.1, 0.15) is 5.78 Å². The summed E-state index contributed by atoms with van der Waals surface area (Å²) in [5.74, 6) is 2.94. The molecule has 1 nitrogen and oxygen atoms in total. The molecule has 2 atom stereocenters. The second kappa shape index (κ2) is 13.4. The van der Waals surface area contributed by atoms with Crippen LogP contribution in [-0.4, -0.2) is 5.78 Å². The lowest BCUT2D eigenvalue weighted by Crippen LogP contribution is -2.08. The van der Waals surface area contributed by atoms with Crippen LogP contribution in [0.1, 0.15) is 102 Å². The van der Waals surface area contributed by atoms with Crippen LogP contribution in [-0.2, 0) is 4.79 Å². The van der Waals surface area contributed by atoms with Crippen LogP contribution in [0.15, 0.2) is 60.7 Å². The fourth-order valence-electron chi connectivity index (χ4n) is 4.67. The van der Waals surface area contributed by atoms with Gasteiger partial charge in [0.2, 0.25) is 0 Å². The number of carbonyl (C=O) groups is 1. The van der Waals surface area contributed by atoms with E-state index >= 15 is 0 Å². The number of rotatable bonds is 14. The van der Waals surface area contributed by atoms with Crippen LogP contribution < -0.4 is 0 Å². The standard InChI is InChI=1S/C29H42O/c1-23(2)28(25-15-7-5-8-16-25)21-13-11-19-27(30)20-12-14-22-29(24(3)4)26-17-9-6-10-18-26/h5-10,15-18,23-24,28-29H,11-14,19-22H2,1-4H3. The molecule has 0 spiro atoms. The monoisotopic (exact) mass is 406 g/mol. The van der Waals surface area contributed by atoms with Gasteiger partial charge in [0, 0.05) is 12.8 Å². The topological polar surface area (TPSA) is 17.1 Å². The smallest absolute Gasteiger partial charge is 0.132 e. The molecule has 0 bridgehead atoms. The lowest BCUT2D eigenvalue weighted by atomic mass is 9.84. The Balaban J connectivity index is 1.64. The molecule has 0 radical (unpaired) electrons. The number of carbonyl (C=O) groups excluding carboxylic acids is 1. The molecule has 0 aliphatic rings. The predicted octanol–water partition coefficient (Wildman–Crippen LogP) is 8.56. The van der Waals surface area contributed by atoms with Crippen molar-refractivity contribution in [3.8, 4) is 0 Å². The fourth-order valence-corrected chi connectivity index (χ4v) is 4.67. The van der Waals surface area contributed by atoms with Gasteiger partial charge in [-0.15, -0.1) is 0 Å². The molecule has 0 aliphatic carbocycles. The number of unbranched alkanes of at least 4 members (excludes halogenated alkanes) is 2. The highest BCUT2D eigenvalue weighted by Crippen LogP contribution is 2.31. The van der Waals surface area contributed by atoms with Crippen LogP contribution in [0.5, 0.6) is 0 Å². The van der Waals surface area contributed by atoms with E-state index in [0.717, 1.165) is 38.5 Å². The third kappa shape index (κ3) is 8.46. The maximum absolute atomic E-state index is 12.3. The van der Waals surface area contributed by atoms with E-state index < -0.39 is 0 Å². The summed E-state index contributed by atoms with van der Waals surface area (Å²) in [6.45, 7) is 9.23. The van der Waals surface area contributed by atoms with Crippen molar-refractivity contribution in [2.75, 3.05) is 0 Å². The second-order valence-electron chi connectivity index (χ2n) is 9.55. The van der Waals surface area contributed by atoms with Crippen LogP contribution in [0.3, 0.4) is 0 Å². The average molecular weight is 407 g/mol. The summed E-state index contributed by atoms with van der Waals surface area (Å²) < 4.78 is 0. The summed E-state index contributed by atoms with van der Waals surface area (Å²) in [6, 6.07) is 21.7. The minimum absolute atomic E-state index is 0.455. The van der Waals surface area contributed by atoms with Gasteiger partial charge in [-0.1, -0.05) is 101 Å². The van der Waals surface area contributed by atoms with Crippen molar-refractivity contribution < 1.29 is 4.79 Å². The maximum Gasteiger partial charge on any atom is 0.132 e. The fraction of sp³-hybridized carbons (Fsp3) is 0.552. The minimum Gasteiger partial charge on any atom is -0.300 e. The molecule has 0 heterocycles. The molecule has 1 heteroatoms. The molecule has 2 aromatic carbocycles. The van der Waals surface area contributed by atoms with Crippen molar-refractivity contribution >= 4 is 5.78 Å².